The fourth-order valence-electron chi connectivity index (χ4n) is 2.81. The van der Waals surface area contributed by atoms with Gasteiger partial charge in [-0.15, -0.1) is 16.9 Å². The minimum Gasteiger partial charge on any atom is -0.461 e. The van der Waals surface area contributed by atoms with Crippen molar-refractivity contribution in [1.82, 2.24) is 20.1 Å². The third-order valence-electron chi connectivity index (χ3n) is 4.05. The summed E-state index contributed by atoms with van der Waals surface area (Å²) in [4.78, 5) is 58.3. The van der Waals surface area contributed by atoms with Crippen LogP contribution in [-0.2, 0) is 28.7 Å². The normalized spacial score (nSPS) is 20.2. The van der Waals surface area contributed by atoms with Crippen molar-refractivity contribution in [2.24, 2.45) is 5.16 Å². The van der Waals surface area contributed by atoms with E-state index in [9.17, 15) is 24.3 Å². The average Bonchev–Trinajstić information content (AvgIpc) is 3.10. The molecule has 0 spiro atoms. The Morgan fingerprint density at radius 2 is 2.23 bits per heavy atom. The van der Waals surface area contributed by atoms with Crippen molar-refractivity contribution in [3.05, 3.63) is 11.5 Å². The number of H-pyrrole nitrogens is 1. The molecule has 2 amide bonds. The lowest BCUT2D eigenvalue weighted by Gasteiger charge is -2.47. The van der Waals surface area contributed by atoms with E-state index >= 15 is 0 Å². The number of esters is 1. The molecule has 1 aromatic rings. The van der Waals surface area contributed by atoms with Crippen molar-refractivity contribution in [2.45, 2.75) is 24.1 Å². The second-order valence-corrected chi connectivity index (χ2v) is 7.30. The molecule has 1 saturated heterocycles. The van der Waals surface area contributed by atoms with Gasteiger partial charge in [0.15, 0.2) is 0 Å². The third kappa shape index (κ3) is 4.52. The number of β-lactam (4-membered cyclic amide) rings is 1. The fraction of sp³-hybridized carbons (Fsp3) is 0.400. The summed E-state index contributed by atoms with van der Waals surface area (Å²) in [6, 6.07) is 0. The van der Waals surface area contributed by atoms with Crippen LogP contribution in [0.2, 0.25) is 0 Å². The molecular formula is C15H17N7O8S. The zero-order valence-electron chi connectivity index (χ0n) is 16.2. The van der Waals surface area contributed by atoms with E-state index in [1.165, 1.54) is 7.11 Å². The van der Waals surface area contributed by atoms with E-state index in [-0.39, 0.29) is 29.8 Å². The second-order valence-electron chi connectivity index (χ2n) is 6.04. The first kappa shape index (κ1) is 21.9. The first-order chi connectivity index (χ1) is 14.7. The summed E-state index contributed by atoms with van der Waals surface area (Å²) in [6.45, 7) is 0.669. The minimum absolute atomic E-state index is 0.00874. The topological polar surface area (TPSA) is 203 Å². The summed E-state index contributed by atoms with van der Waals surface area (Å²) < 4.78 is 9.88. The number of nitrogens with two attached hydrogens (primary N) is 1. The van der Waals surface area contributed by atoms with Crippen LogP contribution in [0.15, 0.2) is 16.6 Å². The number of fused-ring (bicyclic) bond motifs is 1. The summed E-state index contributed by atoms with van der Waals surface area (Å²) >= 11 is 1.10. The van der Waals surface area contributed by atoms with Gasteiger partial charge in [-0.05, 0) is 0 Å². The lowest BCUT2D eigenvalue weighted by molar-refractivity contribution is -0.142. The number of ether oxygens (including phenoxy) is 2. The maximum absolute atomic E-state index is 12.9. The van der Waals surface area contributed by atoms with E-state index in [2.05, 4.69) is 25.2 Å². The van der Waals surface area contributed by atoms with Gasteiger partial charge in [0.05, 0.1) is 17.4 Å². The van der Waals surface area contributed by atoms with Crippen LogP contribution in [0.1, 0.15) is 13.3 Å². The van der Waals surface area contributed by atoms with Crippen LogP contribution in [-0.4, -0.2) is 79.8 Å². The molecule has 31 heavy (non-hydrogen) atoms. The van der Waals surface area contributed by atoms with Crippen molar-refractivity contribution in [3.8, 4) is 0 Å². The Morgan fingerprint density at radius 1 is 1.48 bits per heavy atom. The molecule has 0 aromatic carbocycles. The molecule has 2 aliphatic rings. The number of amides is 2. The minimum atomic E-state index is -1.69. The monoisotopic (exact) mass is 455 g/mol. The van der Waals surface area contributed by atoms with Crippen LogP contribution in [0.4, 0.5) is 16.7 Å². The molecule has 1 unspecified atom stereocenters. The standard InChI is InChI=1S/C15H17N7O8S/c1-6(23)29-5-7-11(30-15(26)27)21-8(24)3-10(21)31-12(7)22(9(25)4-17-28-2)14-18-13(16)19-20-14/h4,10,12H,3,5H2,1-2H3,(H,26,27)(H3,16,18,19,20)/t10-,12?/m0/s1. The van der Waals surface area contributed by atoms with Crippen LogP contribution in [0.3, 0.4) is 0 Å². The molecule has 166 valence electrons. The Morgan fingerprint density at radius 3 is 2.77 bits per heavy atom. The Labute approximate surface area is 178 Å². The number of thioether (sulfide) groups is 1. The lowest BCUT2D eigenvalue weighted by Crippen LogP contribution is -2.58. The van der Waals surface area contributed by atoms with Gasteiger partial charge in [0.25, 0.3) is 11.9 Å². The lowest BCUT2D eigenvalue weighted by atomic mass is 10.1. The molecule has 1 aromatic heterocycles. The SMILES string of the molecule is CON=CC(=O)N(c1n[nH]c(N)n1)C1S[C@H]2CC(=O)N2C(OC(=O)O)=C1COC(C)=O. The number of nitrogen functional groups attached to an aromatic ring is 1. The van der Waals surface area contributed by atoms with E-state index < -0.39 is 41.3 Å². The Hall–Kier alpha value is -3.82. The number of carbonyl (C=O) groups is 4. The highest BCUT2D eigenvalue weighted by Gasteiger charge is 2.51. The predicted molar refractivity (Wildman–Crippen MR) is 103 cm³/mol. The highest BCUT2D eigenvalue weighted by Crippen LogP contribution is 2.46. The van der Waals surface area contributed by atoms with Gasteiger partial charge in [-0.1, -0.05) is 5.16 Å². The van der Waals surface area contributed by atoms with Crippen LogP contribution in [0, 0.1) is 0 Å². The van der Waals surface area contributed by atoms with Crippen LogP contribution in [0.5, 0.6) is 0 Å². The Balaban J connectivity index is 2.13. The van der Waals surface area contributed by atoms with E-state index in [4.69, 9.17) is 15.2 Å². The quantitative estimate of drug-likeness (QED) is 0.205. The number of aromatic nitrogens is 3. The highest BCUT2D eigenvalue weighted by molar-refractivity contribution is 8.01. The molecule has 2 atom stereocenters. The van der Waals surface area contributed by atoms with Gasteiger partial charge in [-0.2, -0.15) is 4.98 Å². The number of aromatic amines is 1. The molecule has 0 saturated carbocycles. The van der Waals surface area contributed by atoms with E-state index in [1.807, 2.05) is 0 Å². The van der Waals surface area contributed by atoms with Gasteiger partial charge in [0.1, 0.15) is 25.3 Å². The van der Waals surface area contributed by atoms with Gasteiger partial charge >= 0.3 is 12.1 Å². The predicted octanol–water partition coefficient (Wildman–Crippen LogP) is -0.547. The number of nitrogens with one attached hydrogen (secondary N) is 1. The van der Waals surface area contributed by atoms with Gasteiger partial charge in [-0.3, -0.25) is 24.2 Å². The largest absolute Gasteiger partial charge is 0.512 e. The van der Waals surface area contributed by atoms with Gasteiger partial charge < -0.3 is 25.2 Å². The number of nitrogens with zero attached hydrogens (tertiary/aromatic N) is 5. The molecule has 0 aliphatic carbocycles. The Kier molecular flexibility index (Phi) is 6.28. The van der Waals surface area contributed by atoms with Crippen molar-refractivity contribution < 1.29 is 38.6 Å². The molecule has 3 heterocycles. The van der Waals surface area contributed by atoms with Crippen molar-refractivity contribution in [3.63, 3.8) is 0 Å². The smallest absolute Gasteiger partial charge is 0.461 e. The van der Waals surface area contributed by atoms with Crippen LogP contribution >= 0.6 is 11.8 Å². The zero-order valence-corrected chi connectivity index (χ0v) is 17.0. The fourth-order valence-corrected chi connectivity index (χ4v) is 4.33. The van der Waals surface area contributed by atoms with Crippen molar-refractivity contribution in [1.29, 1.82) is 0 Å². The molecule has 3 rings (SSSR count). The molecule has 16 heteroatoms. The number of hydrogen-bond acceptors (Lipinski definition) is 12. The third-order valence-corrected chi connectivity index (χ3v) is 5.49. The number of carboxylic acid groups (broad SMARTS) is 1. The molecule has 4 N–H and O–H groups in total. The molecule has 1 fully saturated rings. The molecule has 0 bridgehead atoms. The van der Waals surface area contributed by atoms with Crippen molar-refractivity contribution in [2.75, 3.05) is 24.4 Å². The summed E-state index contributed by atoms with van der Waals surface area (Å²) in [7, 11) is 1.23. The number of anilines is 2. The van der Waals surface area contributed by atoms with Gasteiger partial charge in [0.2, 0.25) is 17.7 Å². The summed E-state index contributed by atoms with van der Waals surface area (Å²) in [6.07, 6.45) is -0.786. The van der Waals surface area contributed by atoms with E-state index in [0.29, 0.717) is 0 Å². The Bertz CT molecular complexity index is 976. The molecule has 0 radical (unpaired) electrons. The van der Waals surface area contributed by atoms with Gasteiger partial charge in [-0.25, -0.2) is 9.89 Å². The molecule has 2 aliphatic heterocycles. The van der Waals surface area contributed by atoms with Crippen LogP contribution < -0.4 is 10.6 Å². The van der Waals surface area contributed by atoms with Crippen LogP contribution in [0.25, 0.3) is 0 Å². The maximum Gasteiger partial charge on any atom is 0.512 e. The maximum atomic E-state index is 12.9. The first-order valence-corrected chi connectivity index (χ1v) is 9.49. The van der Waals surface area contributed by atoms with Crippen molar-refractivity contribution >= 4 is 53.8 Å². The van der Waals surface area contributed by atoms with E-state index in [0.717, 1.165) is 34.7 Å². The number of rotatable bonds is 7. The van der Waals surface area contributed by atoms with E-state index in [1.54, 1.807) is 0 Å². The summed E-state index contributed by atoms with van der Waals surface area (Å²) in [5.41, 5.74) is 5.59. The number of carbonyl (C=O) groups excluding carboxylic acids is 3. The zero-order chi connectivity index (χ0) is 22.7. The molecule has 15 nitrogen and oxygen atoms in total. The number of hydrogen-bond donors (Lipinski definition) is 3. The van der Waals surface area contributed by atoms with Gasteiger partial charge in [0, 0.05) is 6.92 Å². The highest BCUT2D eigenvalue weighted by atomic mass is 32.2. The summed E-state index contributed by atoms with van der Waals surface area (Å²) in [5.74, 6) is -2.45. The first-order valence-electron chi connectivity index (χ1n) is 8.55. The molecular weight excluding hydrogens is 438 g/mol. The number of oxime groups is 1. The summed E-state index contributed by atoms with van der Waals surface area (Å²) in [5, 5.41) is 17.3. The average molecular weight is 455 g/mol. The second kappa shape index (κ2) is 8.90.